The SMILES string of the molecule is CO[C@H]1CCN(C(=O)C2CCOCC2)C[C@@H]1Cc1ccccc1. The second-order valence-corrected chi connectivity index (χ2v) is 6.68. The lowest BCUT2D eigenvalue weighted by Crippen LogP contribution is -2.49. The first kappa shape index (κ1) is 16.5. The molecule has 23 heavy (non-hydrogen) atoms. The molecule has 0 bridgehead atoms. The third kappa shape index (κ3) is 4.12. The van der Waals surface area contributed by atoms with Crippen molar-refractivity contribution in [3.63, 3.8) is 0 Å². The van der Waals surface area contributed by atoms with Crippen molar-refractivity contribution in [3.05, 3.63) is 35.9 Å². The van der Waals surface area contributed by atoms with Gasteiger partial charge in [0.1, 0.15) is 0 Å². The molecule has 4 nitrogen and oxygen atoms in total. The van der Waals surface area contributed by atoms with Crippen LogP contribution >= 0.6 is 0 Å². The van der Waals surface area contributed by atoms with Crippen molar-refractivity contribution in [2.24, 2.45) is 11.8 Å². The highest BCUT2D eigenvalue weighted by Crippen LogP contribution is 2.26. The molecule has 0 N–H and O–H groups in total. The highest BCUT2D eigenvalue weighted by atomic mass is 16.5. The Bertz CT molecular complexity index is 499. The van der Waals surface area contributed by atoms with E-state index in [-0.39, 0.29) is 12.0 Å². The van der Waals surface area contributed by atoms with E-state index in [1.54, 1.807) is 7.11 Å². The second-order valence-electron chi connectivity index (χ2n) is 6.68. The molecule has 1 aromatic rings. The molecule has 2 atom stereocenters. The van der Waals surface area contributed by atoms with Gasteiger partial charge >= 0.3 is 0 Å². The van der Waals surface area contributed by atoms with Crippen molar-refractivity contribution in [1.82, 2.24) is 4.90 Å². The number of methoxy groups -OCH3 is 1. The summed E-state index contributed by atoms with van der Waals surface area (Å²) >= 11 is 0. The van der Waals surface area contributed by atoms with Crippen molar-refractivity contribution < 1.29 is 14.3 Å². The Morgan fingerprint density at radius 2 is 1.96 bits per heavy atom. The van der Waals surface area contributed by atoms with Crippen LogP contribution in [0.1, 0.15) is 24.8 Å². The van der Waals surface area contributed by atoms with E-state index in [4.69, 9.17) is 9.47 Å². The molecule has 126 valence electrons. The van der Waals surface area contributed by atoms with Crippen LogP contribution in [0.25, 0.3) is 0 Å². The van der Waals surface area contributed by atoms with Gasteiger partial charge in [-0.15, -0.1) is 0 Å². The van der Waals surface area contributed by atoms with Crippen LogP contribution in [0.2, 0.25) is 0 Å². The second kappa shape index (κ2) is 7.93. The number of amides is 1. The summed E-state index contributed by atoms with van der Waals surface area (Å²) in [4.78, 5) is 14.8. The Morgan fingerprint density at radius 3 is 2.65 bits per heavy atom. The molecule has 2 heterocycles. The van der Waals surface area contributed by atoms with E-state index in [1.807, 2.05) is 6.07 Å². The Morgan fingerprint density at radius 1 is 1.22 bits per heavy atom. The minimum Gasteiger partial charge on any atom is -0.381 e. The molecule has 2 saturated heterocycles. The van der Waals surface area contributed by atoms with Gasteiger partial charge in [-0.2, -0.15) is 0 Å². The van der Waals surface area contributed by atoms with Crippen LogP contribution in [0.5, 0.6) is 0 Å². The molecule has 3 rings (SSSR count). The van der Waals surface area contributed by atoms with Crippen molar-refractivity contribution >= 4 is 5.91 Å². The van der Waals surface area contributed by atoms with Crippen LogP contribution in [0, 0.1) is 11.8 Å². The molecule has 1 aromatic carbocycles. The minimum absolute atomic E-state index is 0.153. The number of ether oxygens (including phenoxy) is 2. The number of likely N-dealkylation sites (tertiary alicyclic amines) is 1. The lowest BCUT2D eigenvalue weighted by atomic mass is 9.87. The van der Waals surface area contributed by atoms with Crippen molar-refractivity contribution in [1.29, 1.82) is 0 Å². The van der Waals surface area contributed by atoms with Crippen LogP contribution in [0.15, 0.2) is 30.3 Å². The third-order valence-corrected chi connectivity index (χ3v) is 5.19. The molecule has 0 unspecified atom stereocenters. The standard InChI is InChI=1S/C19H27NO3/c1-22-18-7-10-20(19(21)16-8-11-23-12-9-16)14-17(18)13-15-5-3-2-4-6-15/h2-6,16-18H,7-14H2,1H3/t17-,18-/m0/s1. The Balaban J connectivity index is 1.64. The molecular weight excluding hydrogens is 290 g/mol. The van der Waals surface area contributed by atoms with Gasteiger partial charge in [0.25, 0.3) is 0 Å². The zero-order valence-corrected chi connectivity index (χ0v) is 13.9. The van der Waals surface area contributed by atoms with E-state index in [1.165, 1.54) is 5.56 Å². The number of hydrogen-bond donors (Lipinski definition) is 0. The third-order valence-electron chi connectivity index (χ3n) is 5.19. The lowest BCUT2D eigenvalue weighted by molar-refractivity contribution is -0.142. The average molecular weight is 317 g/mol. The average Bonchev–Trinajstić information content (AvgIpc) is 2.62. The summed E-state index contributed by atoms with van der Waals surface area (Å²) in [5, 5.41) is 0. The maximum absolute atomic E-state index is 12.8. The van der Waals surface area contributed by atoms with Crippen molar-refractivity contribution in [2.45, 2.75) is 31.8 Å². The first-order valence-corrected chi connectivity index (χ1v) is 8.71. The predicted octanol–water partition coefficient (Wildman–Crippen LogP) is 2.52. The molecular formula is C19H27NO3. The first-order valence-electron chi connectivity index (χ1n) is 8.71. The van der Waals surface area contributed by atoms with Crippen molar-refractivity contribution in [2.75, 3.05) is 33.4 Å². The molecule has 0 aliphatic carbocycles. The molecule has 2 aliphatic heterocycles. The maximum Gasteiger partial charge on any atom is 0.225 e. The Hall–Kier alpha value is -1.39. The van der Waals surface area contributed by atoms with Crippen LogP contribution in [0.4, 0.5) is 0 Å². The smallest absolute Gasteiger partial charge is 0.225 e. The summed E-state index contributed by atoms with van der Waals surface area (Å²) in [6, 6.07) is 10.5. The van der Waals surface area contributed by atoms with Crippen LogP contribution in [-0.2, 0) is 20.7 Å². The molecule has 2 aliphatic rings. The highest BCUT2D eigenvalue weighted by Gasteiger charge is 2.34. The topological polar surface area (TPSA) is 38.8 Å². The lowest BCUT2D eigenvalue weighted by Gasteiger charge is -2.40. The van der Waals surface area contributed by atoms with E-state index in [0.29, 0.717) is 11.8 Å². The fraction of sp³-hybridized carbons (Fsp3) is 0.632. The van der Waals surface area contributed by atoms with Crippen LogP contribution in [-0.4, -0.2) is 50.3 Å². The normalized spacial score (nSPS) is 26.2. The van der Waals surface area contributed by atoms with Crippen molar-refractivity contribution in [3.8, 4) is 0 Å². The molecule has 0 spiro atoms. The quantitative estimate of drug-likeness (QED) is 0.856. The molecule has 4 heteroatoms. The zero-order chi connectivity index (χ0) is 16.1. The summed E-state index contributed by atoms with van der Waals surface area (Å²) in [7, 11) is 1.79. The summed E-state index contributed by atoms with van der Waals surface area (Å²) in [5.74, 6) is 0.848. The van der Waals surface area contributed by atoms with Gasteiger partial charge in [0, 0.05) is 45.2 Å². The molecule has 0 radical (unpaired) electrons. The largest absolute Gasteiger partial charge is 0.381 e. The van der Waals surface area contributed by atoms with Gasteiger partial charge < -0.3 is 14.4 Å². The van der Waals surface area contributed by atoms with Crippen LogP contribution < -0.4 is 0 Å². The molecule has 0 aromatic heterocycles. The zero-order valence-electron chi connectivity index (χ0n) is 13.9. The maximum atomic E-state index is 12.8. The van der Waals surface area contributed by atoms with Gasteiger partial charge in [0.15, 0.2) is 0 Å². The van der Waals surface area contributed by atoms with E-state index in [0.717, 1.165) is 52.0 Å². The summed E-state index contributed by atoms with van der Waals surface area (Å²) in [6.45, 7) is 3.07. The van der Waals surface area contributed by atoms with Gasteiger partial charge in [0.05, 0.1) is 6.10 Å². The van der Waals surface area contributed by atoms with Gasteiger partial charge in [-0.3, -0.25) is 4.79 Å². The fourth-order valence-corrected chi connectivity index (χ4v) is 3.84. The molecule has 0 saturated carbocycles. The first-order chi connectivity index (χ1) is 11.3. The van der Waals surface area contributed by atoms with Gasteiger partial charge in [0.2, 0.25) is 5.91 Å². The van der Waals surface area contributed by atoms with Gasteiger partial charge in [-0.25, -0.2) is 0 Å². The minimum atomic E-state index is 0.153. The van der Waals surface area contributed by atoms with Gasteiger partial charge in [-0.1, -0.05) is 30.3 Å². The Labute approximate surface area is 138 Å². The fourth-order valence-electron chi connectivity index (χ4n) is 3.84. The highest BCUT2D eigenvalue weighted by molar-refractivity contribution is 5.79. The Kier molecular flexibility index (Phi) is 5.68. The summed E-state index contributed by atoms with van der Waals surface area (Å²) < 4.78 is 11.1. The van der Waals surface area contributed by atoms with E-state index in [9.17, 15) is 4.79 Å². The number of rotatable bonds is 4. The van der Waals surface area contributed by atoms with E-state index < -0.39 is 0 Å². The molecule has 1 amide bonds. The van der Waals surface area contributed by atoms with Gasteiger partial charge in [-0.05, 0) is 31.2 Å². The number of nitrogens with zero attached hydrogens (tertiary/aromatic N) is 1. The predicted molar refractivity (Wildman–Crippen MR) is 89.2 cm³/mol. The number of hydrogen-bond acceptors (Lipinski definition) is 3. The number of carbonyl (C=O) groups excluding carboxylic acids is 1. The number of benzene rings is 1. The van der Waals surface area contributed by atoms with E-state index >= 15 is 0 Å². The summed E-state index contributed by atoms with van der Waals surface area (Å²) in [6.07, 6.45) is 3.88. The monoisotopic (exact) mass is 317 g/mol. The van der Waals surface area contributed by atoms with Crippen LogP contribution in [0.3, 0.4) is 0 Å². The number of carbonyl (C=O) groups is 1. The number of piperidine rings is 1. The van der Waals surface area contributed by atoms with E-state index in [2.05, 4.69) is 29.2 Å². The summed E-state index contributed by atoms with van der Waals surface area (Å²) in [5.41, 5.74) is 1.32. The molecule has 2 fully saturated rings.